The molecule has 2 aromatic carbocycles. The zero-order valence-electron chi connectivity index (χ0n) is 14.2. The molecule has 0 unspecified atom stereocenters. The second kappa shape index (κ2) is 6.99. The van der Waals surface area contributed by atoms with Crippen molar-refractivity contribution in [3.05, 3.63) is 65.2 Å². The second-order valence-corrected chi connectivity index (χ2v) is 7.82. The molecule has 0 spiro atoms. The molecule has 3 heterocycles. The van der Waals surface area contributed by atoms with Gasteiger partial charge in [-0.05, 0) is 29.7 Å². The first-order valence-electron chi connectivity index (χ1n) is 8.71. The van der Waals surface area contributed by atoms with Crippen LogP contribution in [0.15, 0.2) is 54.0 Å². The summed E-state index contributed by atoms with van der Waals surface area (Å²) in [6, 6.07) is 16.5. The van der Waals surface area contributed by atoms with Crippen molar-refractivity contribution in [1.82, 2.24) is 15.2 Å². The number of rotatable bonds is 2. The molecule has 0 radical (unpaired) electrons. The van der Waals surface area contributed by atoms with Gasteiger partial charge in [0.25, 0.3) is 5.91 Å². The van der Waals surface area contributed by atoms with E-state index >= 15 is 0 Å². The number of nitrogens with one attached hydrogen (secondary N) is 1. The number of likely N-dealkylation sites (tertiary alicyclic amines) is 1. The summed E-state index contributed by atoms with van der Waals surface area (Å²) < 4.78 is 1.07. The third-order valence-corrected chi connectivity index (χ3v) is 6.34. The van der Waals surface area contributed by atoms with E-state index in [1.165, 1.54) is 5.56 Å². The van der Waals surface area contributed by atoms with Gasteiger partial charge in [0.1, 0.15) is 0 Å². The summed E-state index contributed by atoms with van der Waals surface area (Å²) in [6.45, 7) is 2.82. The van der Waals surface area contributed by atoms with Gasteiger partial charge in [0.05, 0.1) is 21.8 Å². The Morgan fingerprint density at radius 1 is 1.15 bits per heavy atom. The quantitative estimate of drug-likeness (QED) is 0.730. The molecule has 5 rings (SSSR count). The maximum Gasteiger partial charge on any atom is 0.254 e. The molecule has 0 bridgehead atoms. The lowest BCUT2D eigenvalue weighted by atomic mass is 9.89. The van der Waals surface area contributed by atoms with Crippen molar-refractivity contribution < 1.29 is 4.79 Å². The van der Waals surface area contributed by atoms with E-state index < -0.39 is 0 Å². The topological polar surface area (TPSA) is 45.2 Å². The molecule has 1 amide bonds. The van der Waals surface area contributed by atoms with Gasteiger partial charge in [-0.2, -0.15) is 0 Å². The number of halogens is 1. The number of carbonyl (C=O) groups excluding carboxylic acids is 1. The normalized spacial score (nSPS) is 24.5. The average Bonchev–Trinajstić information content (AvgIpc) is 3.36. The van der Waals surface area contributed by atoms with Gasteiger partial charge >= 0.3 is 0 Å². The molecular weight excluding hydrogens is 366 g/mol. The number of fused-ring (bicyclic) bond motifs is 2. The fourth-order valence-corrected chi connectivity index (χ4v) is 5.08. The van der Waals surface area contributed by atoms with Crippen LogP contribution in [0.3, 0.4) is 0 Å². The van der Waals surface area contributed by atoms with E-state index in [4.69, 9.17) is 0 Å². The van der Waals surface area contributed by atoms with Crippen molar-refractivity contribution in [1.29, 1.82) is 0 Å². The molecule has 3 aromatic rings. The van der Waals surface area contributed by atoms with Gasteiger partial charge in [-0.1, -0.05) is 30.3 Å². The van der Waals surface area contributed by atoms with Gasteiger partial charge in [-0.15, -0.1) is 23.7 Å². The molecule has 1 N–H and O–H groups in total. The van der Waals surface area contributed by atoms with E-state index in [1.54, 1.807) is 11.3 Å². The highest BCUT2D eigenvalue weighted by Gasteiger charge is 2.46. The number of nitrogens with zero attached hydrogens (tertiary/aromatic N) is 2. The number of hydrogen-bond acceptors (Lipinski definition) is 4. The monoisotopic (exact) mass is 385 g/mol. The van der Waals surface area contributed by atoms with E-state index in [-0.39, 0.29) is 24.4 Å². The zero-order chi connectivity index (χ0) is 16.8. The summed E-state index contributed by atoms with van der Waals surface area (Å²) in [4.78, 5) is 19.7. The van der Waals surface area contributed by atoms with E-state index in [0.29, 0.717) is 11.8 Å². The van der Waals surface area contributed by atoms with Crippen LogP contribution in [0.5, 0.6) is 0 Å². The van der Waals surface area contributed by atoms with E-state index in [2.05, 4.69) is 39.5 Å². The van der Waals surface area contributed by atoms with Crippen LogP contribution in [0.4, 0.5) is 0 Å². The van der Waals surface area contributed by atoms with Gasteiger partial charge in [0.15, 0.2) is 0 Å². The summed E-state index contributed by atoms with van der Waals surface area (Å²) in [5.74, 6) is 1.18. The third-order valence-electron chi connectivity index (χ3n) is 5.54. The average molecular weight is 386 g/mol. The predicted octanol–water partition coefficient (Wildman–Crippen LogP) is 3.75. The zero-order valence-corrected chi connectivity index (χ0v) is 15.8. The molecule has 134 valence electrons. The number of thiazole rings is 1. The van der Waals surface area contributed by atoms with Crippen molar-refractivity contribution in [3.63, 3.8) is 0 Å². The van der Waals surface area contributed by atoms with Crippen LogP contribution in [0.25, 0.3) is 10.2 Å². The highest BCUT2D eigenvalue weighted by Crippen LogP contribution is 2.43. The Kier molecular flexibility index (Phi) is 4.69. The summed E-state index contributed by atoms with van der Waals surface area (Å²) in [5, 5.41) is 3.50. The molecule has 26 heavy (non-hydrogen) atoms. The van der Waals surface area contributed by atoms with Gasteiger partial charge < -0.3 is 10.2 Å². The second-order valence-electron chi connectivity index (χ2n) is 6.93. The molecule has 0 aliphatic carbocycles. The first-order chi connectivity index (χ1) is 12.3. The van der Waals surface area contributed by atoms with E-state index in [0.717, 1.165) is 35.4 Å². The number of hydrogen-bond donors (Lipinski definition) is 1. The summed E-state index contributed by atoms with van der Waals surface area (Å²) in [6.07, 6.45) is 0. The van der Waals surface area contributed by atoms with Gasteiger partial charge in [0.2, 0.25) is 0 Å². The molecule has 2 saturated heterocycles. The summed E-state index contributed by atoms with van der Waals surface area (Å²) in [5.41, 5.74) is 4.80. The lowest BCUT2D eigenvalue weighted by Crippen LogP contribution is -2.34. The number of amides is 1. The standard InChI is InChI=1S/C20H19N3OS.ClH/c24-20(14-6-7-17-18(8-14)25-12-22-17)23-11-15-9-21-10-16(15)19(23)13-4-2-1-3-5-13;/h1-8,12,15-16,19,21H,9-11H2;1H/t15-,16-,19+;/m0./s1. The molecule has 2 aliphatic rings. The minimum atomic E-state index is 0. The highest BCUT2D eigenvalue weighted by atomic mass is 35.5. The third kappa shape index (κ3) is 2.80. The van der Waals surface area contributed by atoms with Gasteiger partial charge in [-0.3, -0.25) is 4.79 Å². The molecule has 4 nitrogen and oxygen atoms in total. The highest BCUT2D eigenvalue weighted by molar-refractivity contribution is 7.16. The van der Waals surface area contributed by atoms with Crippen LogP contribution in [0, 0.1) is 11.8 Å². The SMILES string of the molecule is Cl.O=C(c1ccc2ncsc2c1)N1C[C@@H]2CNC[C@@H]2[C@H]1c1ccccc1. The van der Waals surface area contributed by atoms with Crippen LogP contribution >= 0.6 is 23.7 Å². The Balaban J connectivity index is 0.00000168. The van der Waals surface area contributed by atoms with Crippen molar-refractivity contribution in [3.8, 4) is 0 Å². The Morgan fingerprint density at radius 2 is 2.00 bits per heavy atom. The first-order valence-corrected chi connectivity index (χ1v) is 9.59. The Labute approximate surface area is 162 Å². The molecule has 0 saturated carbocycles. The first kappa shape index (κ1) is 17.5. The minimum absolute atomic E-state index is 0. The Morgan fingerprint density at radius 3 is 2.85 bits per heavy atom. The number of benzene rings is 2. The smallest absolute Gasteiger partial charge is 0.254 e. The van der Waals surface area contributed by atoms with Crippen LogP contribution in [0.2, 0.25) is 0 Å². The maximum atomic E-state index is 13.3. The summed E-state index contributed by atoms with van der Waals surface area (Å²) >= 11 is 1.58. The molecule has 1 aromatic heterocycles. The molecular formula is C20H20ClN3OS. The fraction of sp³-hybridized carbons (Fsp3) is 0.300. The molecule has 3 atom stereocenters. The predicted molar refractivity (Wildman–Crippen MR) is 107 cm³/mol. The van der Waals surface area contributed by atoms with Crippen LogP contribution in [0.1, 0.15) is 22.0 Å². The molecule has 6 heteroatoms. The maximum absolute atomic E-state index is 13.3. The number of carbonyl (C=O) groups is 1. The van der Waals surface area contributed by atoms with Crippen LogP contribution in [-0.4, -0.2) is 35.4 Å². The largest absolute Gasteiger partial charge is 0.331 e. The Hall–Kier alpha value is -1.95. The van der Waals surface area contributed by atoms with E-state index in [9.17, 15) is 4.79 Å². The van der Waals surface area contributed by atoms with E-state index in [1.807, 2.05) is 29.8 Å². The van der Waals surface area contributed by atoms with Crippen molar-refractivity contribution in [2.24, 2.45) is 11.8 Å². The van der Waals surface area contributed by atoms with Crippen molar-refractivity contribution in [2.75, 3.05) is 19.6 Å². The molecule has 2 fully saturated rings. The van der Waals surface area contributed by atoms with Crippen molar-refractivity contribution >= 4 is 39.9 Å². The van der Waals surface area contributed by atoms with Crippen molar-refractivity contribution in [2.45, 2.75) is 6.04 Å². The van der Waals surface area contributed by atoms with Gasteiger partial charge in [0, 0.05) is 31.1 Å². The number of aromatic nitrogens is 1. The lowest BCUT2D eigenvalue weighted by molar-refractivity contribution is 0.0714. The van der Waals surface area contributed by atoms with Gasteiger partial charge in [-0.25, -0.2) is 4.98 Å². The van der Waals surface area contributed by atoms with Crippen LogP contribution in [-0.2, 0) is 0 Å². The summed E-state index contributed by atoms with van der Waals surface area (Å²) in [7, 11) is 0. The minimum Gasteiger partial charge on any atom is -0.331 e. The lowest BCUT2D eigenvalue weighted by Gasteiger charge is -2.28. The fourth-order valence-electron chi connectivity index (χ4n) is 4.36. The molecule has 2 aliphatic heterocycles. The van der Waals surface area contributed by atoms with Crippen LogP contribution < -0.4 is 5.32 Å². The Bertz CT molecular complexity index is 929.